The summed E-state index contributed by atoms with van der Waals surface area (Å²) in [6, 6.07) is 6.90. The molecule has 0 saturated carbocycles. The van der Waals surface area contributed by atoms with Crippen molar-refractivity contribution in [3.05, 3.63) is 30.3 Å². The van der Waals surface area contributed by atoms with Crippen LogP contribution < -0.4 is 10.5 Å². The minimum Gasteiger partial charge on any atom is -0.320 e. The van der Waals surface area contributed by atoms with E-state index in [2.05, 4.69) is 0 Å². The van der Waals surface area contributed by atoms with Crippen LogP contribution in [-0.4, -0.2) is 20.4 Å². The SMILES string of the molecule is CCC(C)C(N)C(=O)NS(=O)(=O)c1ccccc1. The Morgan fingerprint density at radius 3 is 2.39 bits per heavy atom. The van der Waals surface area contributed by atoms with Crippen molar-refractivity contribution in [2.45, 2.75) is 31.2 Å². The third-order valence-electron chi connectivity index (χ3n) is 2.85. The number of nitrogens with one attached hydrogen (secondary N) is 1. The van der Waals surface area contributed by atoms with E-state index in [4.69, 9.17) is 5.73 Å². The summed E-state index contributed by atoms with van der Waals surface area (Å²) < 4.78 is 25.7. The summed E-state index contributed by atoms with van der Waals surface area (Å²) in [7, 11) is -3.83. The molecule has 6 heteroatoms. The van der Waals surface area contributed by atoms with Crippen LogP contribution in [-0.2, 0) is 14.8 Å². The molecule has 0 heterocycles. The van der Waals surface area contributed by atoms with Gasteiger partial charge in [0, 0.05) is 0 Å². The highest BCUT2D eigenvalue weighted by Gasteiger charge is 2.24. The summed E-state index contributed by atoms with van der Waals surface area (Å²) in [5, 5.41) is 0. The van der Waals surface area contributed by atoms with E-state index >= 15 is 0 Å². The normalized spacial score (nSPS) is 14.8. The minimum absolute atomic E-state index is 0.0506. The van der Waals surface area contributed by atoms with Gasteiger partial charge in [-0.05, 0) is 18.1 Å². The average molecular weight is 270 g/mol. The summed E-state index contributed by atoms with van der Waals surface area (Å²) in [5.41, 5.74) is 5.68. The highest BCUT2D eigenvalue weighted by atomic mass is 32.2. The van der Waals surface area contributed by atoms with Gasteiger partial charge < -0.3 is 5.73 Å². The zero-order chi connectivity index (χ0) is 13.8. The molecule has 5 nitrogen and oxygen atoms in total. The van der Waals surface area contributed by atoms with Gasteiger partial charge in [-0.1, -0.05) is 38.5 Å². The smallest absolute Gasteiger partial charge is 0.264 e. The van der Waals surface area contributed by atoms with Crippen LogP contribution in [0.4, 0.5) is 0 Å². The molecule has 18 heavy (non-hydrogen) atoms. The maximum atomic E-state index is 11.9. The van der Waals surface area contributed by atoms with Crippen molar-refractivity contribution in [2.24, 2.45) is 11.7 Å². The van der Waals surface area contributed by atoms with Gasteiger partial charge in [-0.2, -0.15) is 0 Å². The predicted octanol–water partition coefficient (Wildman–Crippen LogP) is 0.865. The van der Waals surface area contributed by atoms with E-state index in [0.717, 1.165) is 0 Å². The average Bonchev–Trinajstić information content (AvgIpc) is 2.37. The molecular weight excluding hydrogens is 252 g/mol. The fourth-order valence-electron chi connectivity index (χ4n) is 1.37. The van der Waals surface area contributed by atoms with Crippen LogP contribution in [0.15, 0.2) is 35.2 Å². The molecule has 3 N–H and O–H groups in total. The van der Waals surface area contributed by atoms with Crippen molar-refractivity contribution < 1.29 is 13.2 Å². The highest BCUT2D eigenvalue weighted by Crippen LogP contribution is 2.09. The van der Waals surface area contributed by atoms with Crippen LogP contribution in [0.2, 0.25) is 0 Å². The number of amides is 1. The Morgan fingerprint density at radius 1 is 1.33 bits per heavy atom. The quantitative estimate of drug-likeness (QED) is 0.830. The molecule has 1 amide bonds. The van der Waals surface area contributed by atoms with Crippen LogP contribution in [0.3, 0.4) is 0 Å². The Labute approximate surface area is 107 Å². The van der Waals surface area contributed by atoms with Gasteiger partial charge in [0.1, 0.15) is 0 Å². The molecule has 1 rings (SSSR count). The third-order valence-corrected chi connectivity index (χ3v) is 4.21. The molecule has 0 bridgehead atoms. The predicted molar refractivity (Wildman–Crippen MR) is 69.2 cm³/mol. The molecule has 2 unspecified atom stereocenters. The van der Waals surface area contributed by atoms with E-state index in [1.807, 2.05) is 11.6 Å². The van der Waals surface area contributed by atoms with Gasteiger partial charge >= 0.3 is 0 Å². The second kappa shape index (κ2) is 5.97. The molecule has 0 aliphatic carbocycles. The van der Waals surface area contributed by atoms with E-state index < -0.39 is 22.0 Å². The first-order valence-electron chi connectivity index (χ1n) is 5.75. The number of carbonyl (C=O) groups excluding carboxylic acids is 1. The molecule has 2 atom stereocenters. The van der Waals surface area contributed by atoms with Gasteiger partial charge in [0.15, 0.2) is 0 Å². The maximum absolute atomic E-state index is 11.9. The van der Waals surface area contributed by atoms with E-state index in [1.54, 1.807) is 25.1 Å². The lowest BCUT2D eigenvalue weighted by Crippen LogP contribution is -2.46. The fraction of sp³-hybridized carbons (Fsp3) is 0.417. The van der Waals surface area contributed by atoms with Crippen molar-refractivity contribution in [3.63, 3.8) is 0 Å². The van der Waals surface area contributed by atoms with Crippen LogP contribution in [0.1, 0.15) is 20.3 Å². The molecule has 0 fully saturated rings. The zero-order valence-corrected chi connectivity index (χ0v) is 11.3. The summed E-state index contributed by atoms with van der Waals surface area (Å²) in [6.07, 6.45) is 0.708. The summed E-state index contributed by atoms with van der Waals surface area (Å²) >= 11 is 0. The number of hydrogen-bond donors (Lipinski definition) is 2. The van der Waals surface area contributed by atoms with Gasteiger partial charge in [0.05, 0.1) is 10.9 Å². The van der Waals surface area contributed by atoms with Gasteiger partial charge in [0.25, 0.3) is 15.9 Å². The lowest BCUT2D eigenvalue weighted by atomic mass is 10.00. The second-order valence-corrected chi connectivity index (χ2v) is 5.88. The van der Waals surface area contributed by atoms with Crippen molar-refractivity contribution in [1.29, 1.82) is 0 Å². The molecule has 0 radical (unpaired) electrons. The Morgan fingerprint density at radius 2 is 1.89 bits per heavy atom. The zero-order valence-electron chi connectivity index (χ0n) is 10.5. The van der Waals surface area contributed by atoms with E-state index in [-0.39, 0.29) is 10.8 Å². The highest BCUT2D eigenvalue weighted by molar-refractivity contribution is 7.90. The lowest BCUT2D eigenvalue weighted by molar-refractivity contribution is -0.121. The summed E-state index contributed by atoms with van der Waals surface area (Å²) in [5.74, 6) is -0.746. The summed E-state index contributed by atoms with van der Waals surface area (Å²) in [4.78, 5) is 11.8. The van der Waals surface area contributed by atoms with E-state index in [0.29, 0.717) is 6.42 Å². The molecule has 0 spiro atoms. The Kier molecular flexibility index (Phi) is 4.86. The molecule has 0 aliphatic heterocycles. The molecule has 0 aliphatic rings. The minimum atomic E-state index is -3.83. The Bertz CT molecular complexity index is 499. The number of benzene rings is 1. The van der Waals surface area contributed by atoms with Crippen LogP contribution in [0, 0.1) is 5.92 Å². The first kappa shape index (κ1) is 14.7. The lowest BCUT2D eigenvalue weighted by Gasteiger charge is -2.17. The molecule has 1 aromatic rings. The van der Waals surface area contributed by atoms with Gasteiger partial charge in [0.2, 0.25) is 0 Å². The van der Waals surface area contributed by atoms with E-state index in [9.17, 15) is 13.2 Å². The van der Waals surface area contributed by atoms with Gasteiger partial charge in [-0.25, -0.2) is 13.1 Å². The number of hydrogen-bond acceptors (Lipinski definition) is 4. The van der Waals surface area contributed by atoms with Crippen molar-refractivity contribution in [1.82, 2.24) is 4.72 Å². The van der Waals surface area contributed by atoms with Gasteiger partial charge in [-0.3, -0.25) is 4.79 Å². The first-order valence-corrected chi connectivity index (χ1v) is 7.24. The number of rotatable bonds is 5. The number of carbonyl (C=O) groups is 1. The Hall–Kier alpha value is -1.40. The van der Waals surface area contributed by atoms with Crippen molar-refractivity contribution in [2.75, 3.05) is 0 Å². The Balaban J connectivity index is 2.82. The van der Waals surface area contributed by atoms with Gasteiger partial charge in [-0.15, -0.1) is 0 Å². The van der Waals surface area contributed by atoms with Crippen molar-refractivity contribution in [3.8, 4) is 0 Å². The van der Waals surface area contributed by atoms with Crippen LogP contribution in [0.25, 0.3) is 0 Å². The third kappa shape index (κ3) is 3.54. The molecule has 100 valence electrons. The topological polar surface area (TPSA) is 89.3 Å². The molecular formula is C12H18N2O3S. The van der Waals surface area contributed by atoms with Crippen molar-refractivity contribution >= 4 is 15.9 Å². The standard InChI is InChI=1S/C12H18N2O3S/c1-3-9(2)11(13)12(15)14-18(16,17)10-7-5-4-6-8-10/h4-9,11H,3,13H2,1-2H3,(H,14,15). The first-order chi connectivity index (χ1) is 8.38. The molecule has 0 aromatic heterocycles. The number of sulfonamides is 1. The number of nitrogens with two attached hydrogens (primary N) is 1. The van der Waals surface area contributed by atoms with Crippen LogP contribution in [0.5, 0.6) is 0 Å². The van der Waals surface area contributed by atoms with Crippen LogP contribution >= 0.6 is 0 Å². The fourth-order valence-corrected chi connectivity index (χ4v) is 2.41. The maximum Gasteiger partial charge on any atom is 0.264 e. The molecule has 0 saturated heterocycles. The monoisotopic (exact) mass is 270 g/mol. The molecule has 1 aromatic carbocycles. The largest absolute Gasteiger partial charge is 0.320 e. The second-order valence-electron chi connectivity index (χ2n) is 4.19. The summed E-state index contributed by atoms with van der Waals surface area (Å²) in [6.45, 7) is 3.70. The van der Waals surface area contributed by atoms with E-state index in [1.165, 1.54) is 12.1 Å².